The highest BCUT2D eigenvalue weighted by Crippen LogP contribution is 2.47. The number of sulfonamides is 1. The maximum absolute atomic E-state index is 13.1. The molecule has 7 nitrogen and oxygen atoms in total. The van der Waals surface area contributed by atoms with Crippen molar-refractivity contribution in [3.63, 3.8) is 0 Å². The summed E-state index contributed by atoms with van der Waals surface area (Å²) in [6.45, 7) is 2.24. The third kappa shape index (κ3) is 3.68. The highest BCUT2D eigenvalue weighted by molar-refractivity contribution is 7.89. The zero-order valence-corrected chi connectivity index (χ0v) is 18.3. The summed E-state index contributed by atoms with van der Waals surface area (Å²) in [5, 5.41) is 2.87. The number of rotatable bonds is 4. The van der Waals surface area contributed by atoms with Gasteiger partial charge in [-0.1, -0.05) is 17.7 Å². The molecule has 0 bridgehead atoms. The van der Waals surface area contributed by atoms with E-state index in [1.807, 2.05) is 6.92 Å². The fourth-order valence-corrected chi connectivity index (χ4v) is 6.31. The zero-order chi connectivity index (χ0) is 21.6. The third-order valence-corrected chi connectivity index (χ3v) is 8.22. The van der Waals surface area contributed by atoms with Gasteiger partial charge in [-0.3, -0.25) is 4.79 Å². The van der Waals surface area contributed by atoms with Crippen molar-refractivity contribution < 1.29 is 22.7 Å². The Morgan fingerprint density at radius 1 is 1.03 bits per heavy atom. The Morgan fingerprint density at radius 3 is 2.48 bits per heavy atom. The van der Waals surface area contributed by atoms with E-state index < -0.39 is 21.9 Å². The van der Waals surface area contributed by atoms with Crippen molar-refractivity contribution >= 4 is 21.6 Å². The van der Waals surface area contributed by atoms with Crippen molar-refractivity contribution in [2.24, 2.45) is 0 Å². The van der Waals surface area contributed by atoms with Gasteiger partial charge >= 0.3 is 0 Å². The molecule has 1 atom stereocenters. The maximum atomic E-state index is 13.1. The number of carbonyl (C=O) groups is 1. The first-order valence-corrected chi connectivity index (χ1v) is 12.2. The molecule has 2 heterocycles. The minimum Gasteiger partial charge on any atom is -0.448 e. The molecule has 8 heteroatoms. The molecule has 1 saturated carbocycles. The highest BCUT2D eigenvalue weighted by Gasteiger charge is 2.44. The van der Waals surface area contributed by atoms with Gasteiger partial charge in [-0.05, 0) is 56.9 Å². The number of anilines is 1. The molecular weight excluding hydrogens is 416 g/mol. The lowest BCUT2D eigenvalue weighted by Gasteiger charge is -2.23. The Bertz CT molecular complexity index is 1110. The third-order valence-electron chi connectivity index (χ3n) is 6.30. The summed E-state index contributed by atoms with van der Waals surface area (Å²) >= 11 is 0. The first-order chi connectivity index (χ1) is 14.9. The number of hydrogen-bond donors (Lipinski definition) is 1. The summed E-state index contributed by atoms with van der Waals surface area (Å²) < 4.78 is 39.6. The Morgan fingerprint density at radius 2 is 1.74 bits per heavy atom. The van der Waals surface area contributed by atoms with E-state index in [2.05, 4.69) is 5.32 Å². The van der Waals surface area contributed by atoms with Gasteiger partial charge in [-0.25, -0.2) is 8.42 Å². The number of ether oxygens (including phenoxy) is 2. The van der Waals surface area contributed by atoms with Gasteiger partial charge in [-0.2, -0.15) is 4.31 Å². The molecule has 2 aromatic rings. The molecule has 31 heavy (non-hydrogen) atoms. The molecule has 1 spiro atoms. The molecule has 1 N–H and O–H groups in total. The van der Waals surface area contributed by atoms with Crippen LogP contribution in [0.4, 0.5) is 5.69 Å². The number of amides is 1. The zero-order valence-electron chi connectivity index (χ0n) is 17.5. The van der Waals surface area contributed by atoms with E-state index in [-0.39, 0.29) is 10.8 Å². The summed E-state index contributed by atoms with van der Waals surface area (Å²) in [6.07, 6.45) is 5.00. The SMILES string of the molecule is Cc1ccc(S(=O)(=O)N2CCC[C@H]2C(=O)Nc2ccc3c(c2)OC2(CCCC2)O3)cc1. The fraction of sp³-hybridized carbons (Fsp3) is 0.435. The first kappa shape index (κ1) is 20.3. The quantitative estimate of drug-likeness (QED) is 0.778. The van der Waals surface area contributed by atoms with Crippen LogP contribution in [0, 0.1) is 6.92 Å². The molecule has 0 radical (unpaired) electrons. The maximum Gasteiger partial charge on any atom is 0.251 e. The van der Waals surface area contributed by atoms with E-state index in [0.29, 0.717) is 36.6 Å². The minimum atomic E-state index is -3.74. The molecule has 164 valence electrons. The van der Waals surface area contributed by atoms with E-state index in [0.717, 1.165) is 31.2 Å². The number of nitrogens with zero attached hydrogens (tertiary/aromatic N) is 1. The van der Waals surface area contributed by atoms with Crippen LogP contribution in [-0.2, 0) is 14.8 Å². The topological polar surface area (TPSA) is 84.9 Å². The smallest absolute Gasteiger partial charge is 0.251 e. The van der Waals surface area contributed by atoms with Crippen LogP contribution in [0.3, 0.4) is 0 Å². The first-order valence-electron chi connectivity index (χ1n) is 10.8. The molecule has 3 aliphatic rings. The molecule has 2 fully saturated rings. The van der Waals surface area contributed by atoms with Crippen LogP contribution in [0.25, 0.3) is 0 Å². The number of fused-ring (bicyclic) bond motifs is 1. The lowest BCUT2D eigenvalue weighted by atomic mass is 10.2. The second-order valence-corrected chi connectivity index (χ2v) is 10.5. The van der Waals surface area contributed by atoms with Crippen molar-refractivity contribution in [2.45, 2.75) is 62.2 Å². The number of nitrogens with one attached hydrogen (secondary N) is 1. The summed E-state index contributed by atoms with van der Waals surface area (Å²) in [4.78, 5) is 13.2. The van der Waals surface area contributed by atoms with Gasteiger partial charge in [0.25, 0.3) is 5.79 Å². The van der Waals surface area contributed by atoms with Gasteiger partial charge in [0.2, 0.25) is 15.9 Å². The molecule has 1 saturated heterocycles. The molecule has 5 rings (SSSR count). The number of hydrogen-bond acceptors (Lipinski definition) is 5. The van der Waals surface area contributed by atoms with E-state index in [9.17, 15) is 13.2 Å². The Balaban J connectivity index is 1.32. The van der Waals surface area contributed by atoms with Crippen molar-refractivity contribution in [3.05, 3.63) is 48.0 Å². The average Bonchev–Trinajstić information content (AvgIpc) is 3.48. The van der Waals surface area contributed by atoms with Crippen LogP contribution in [0.2, 0.25) is 0 Å². The van der Waals surface area contributed by atoms with Crippen molar-refractivity contribution in [1.82, 2.24) is 4.31 Å². The fourth-order valence-electron chi connectivity index (χ4n) is 4.65. The Hall–Kier alpha value is -2.58. The van der Waals surface area contributed by atoms with Crippen LogP contribution in [-0.4, -0.2) is 37.0 Å². The van der Waals surface area contributed by atoms with Gasteiger partial charge in [0, 0.05) is 31.1 Å². The monoisotopic (exact) mass is 442 g/mol. The van der Waals surface area contributed by atoms with E-state index in [1.54, 1.807) is 42.5 Å². The average molecular weight is 443 g/mol. The van der Waals surface area contributed by atoms with Crippen LogP contribution in [0.15, 0.2) is 47.4 Å². The minimum absolute atomic E-state index is 0.211. The van der Waals surface area contributed by atoms with E-state index in [1.165, 1.54) is 4.31 Å². The Kier molecular flexibility index (Phi) is 4.94. The van der Waals surface area contributed by atoms with E-state index >= 15 is 0 Å². The van der Waals surface area contributed by atoms with Crippen molar-refractivity contribution in [2.75, 3.05) is 11.9 Å². The lowest BCUT2D eigenvalue weighted by Crippen LogP contribution is -2.43. The lowest BCUT2D eigenvalue weighted by molar-refractivity contribution is -0.119. The van der Waals surface area contributed by atoms with E-state index in [4.69, 9.17) is 9.47 Å². The number of aryl methyl sites for hydroxylation is 1. The van der Waals surface area contributed by atoms with Crippen LogP contribution >= 0.6 is 0 Å². The van der Waals surface area contributed by atoms with Gasteiger partial charge in [0.05, 0.1) is 4.90 Å². The molecule has 0 unspecified atom stereocenters. The second kappa shape index (κ2) is 7.53. The van der Waals surface area contributed by atoms with Gasteiger partial charge in [-0.15, -0.1) is 0 Å². The summed E-state index contributed by atoms with van der Waals surface area (Å²) in [5.74, 6) is 0.414. The summed E-state index contributed by atoms with van der Waals surface area (Å²) in [7, 11) is -3.74. The molecule has 2 aromatic carbocycles. The summed E-state index contributed by atoms with van der Waals surface area (Å²) in [6, 6.07) is 11.3. The highest BCUT2D eigenvalue weighted by atomic mass is 32.2. The number of benzene rings is 2. The second-order valence-electron chi connectivity index (χ2n) is 8.56. The summed E-state index contributed by atoms with van der Waals surface area (Å²) in [5.41, 5.74) is 1.55. The molecule has 2 aliphatic heterocycles. The van der Waals surface area contributed by atoms with Crippen LogP contribution in [0.5, 0.6) is 11.5 Å². The standard InChI is InChI=1S/C23H26N2O5S/c1-16-6-9-18(10-7-16)31(27,28)25-14-4-5-19(25)22(26)24-17-8-11-20-21(15-17)30-23(29-20)12-2-3-13-23/h6-11,15,19H,2-5,12-14H2,1H3,(H,24,26)/t19-/m0/s1. The Labute approximate surface area is 182 Å². The van der Waals surface area contributed by atoms with Gasteiger partial charge in [0.1, 0.15) is 6.04 Å². The van der Waals surface area contributed by atoms with Crippen LogP contribution in [0.1, 0.15) is 44.1 Å². The normalized spacial score (nSPS) is 22.2. The van der Waals surface area contributed by atoms with Crippen molar-refractivity contribution in [1.29, 1.82) is 0 Å². The van der Waals surface area contributed by atoms with Gasteiger partial charge < -0.3 is 14.8 Å². The molecule has 0 aromatic heterocycles. The predicted octanol–water partition coefficient (Wildman–Crippen LogP) is 3.83. The predicted molar refractivity (Wildman–Crippen MR) is 116 cm³/mol. The largest absolute Gasteiger partial charge is 0.448 e. The van der Waals surface area contributed by atoms with Crippen LogP contribution < -0.4 is 14.8 Å². The molecule has 1 amide bonds. The molecular formula is C23H26N2O5S. The van der Waals surface area contributed by atoms with Gasteiger partial charge in [0.15, 0.2) is 11.5 Å². The molecule has 1 aliphatic carbocycles. The van der Waals surface area contributed by atoms with Crippen molar-refractivity contribution in [3.8, 4) is 11.5 Å². The number of carbonyl (C=O) groups excluding carboxylic acids is 1.